The van der Waals surface area contributed by atoms with Crippen molar-refractivity contribution in [2.24, 2.45) is 0 Å². The van der Waals surface area contributed by atoms with Crippen LogP contribution in [-0.2, 0) is 13.0 Å². The number of thiocarbonyl (C=S) groups is 1. The van der Waals surface area contributed by atoms with Gasteiger partial charge >= 0.3 is 0 Å². The molecule has 0 spiro atoms. The van der Waals surface area contributed by atoms with E-state index in [4.69, 9.17) is 12.2 Å². The van der Waals surface area contributed by atoms with Gasteiger partial charge in [0.05, 0.1) is 13.3 Å². The van der Waals surface area contributed by atoms with Crippen LogP contribution in [0.5, 0.6) is 0 Å². The molecule has 0 saturated carbocycles. The van der Waals surface area contributed by atoms with Crippen molar-refractivity contribution < 1.29 is 0 Å². The van der Waals surface area contributed by atoms with Gasteiger partial charge in [-0.1, -0.05) is 55.5 Å². The third kappa shape index (κ3) is 3.29. The normalized spacial score (nSPS) is 15.7. The summed E-state index contributed by atoms with van der Waals surface area (Å²) in [4.78, 5) is 4.55. The molecule has 0 aromatic heterocycles. The van der Waals surface area contributed by atoms with Crippen LogP contribution in [0.25, 0.3) is 0 Å². The first-order valence-electron chi connectivity index (χ1n) is 7.67. The Bertz CT molecular complexity index is 642. The molecule has 0 bridgehead atoms. The Balaban J connectivity index is 1.78. The van der Waals surface area contributed by atoms with Crippen LogP contribution < -0.4 is 10.2 Å². The van der Waals surface area contributed by atoms with Crippen LogP contribution in [0.4, 0.5) is 5.69 Å². The van der Waals surface area contributed by atoms with Crippen LogP contribution in [0.1, 0.15) is 18.1 Å². The maximum atomic E-state index is 5.52. The lowest BCUT2D eigenvalue weighted by Crippen LogP contribution is -2.56. The number of nitrogens with zero attached hydrogens (tertiary/aromatic N) is 2. The molecule has 1 aliphatic rings. The highest BCUT2D eigenvalue weighted by molar-refractivity contribution is 7.80. The highest BCUT2D eigenvalue weighted by atomic mass is 32.1. The molecule has 1 N–H and O–H groups in total. The van der Waals surface area contributed by atoms with Gasteiger partial charge in [-0.2, -0.15) is 0 Å². The van der Waals surface area contributed by atoms with Gasteiger partial charge in [0.15, 0.2) is 5.11 Å². The van der Waals surface area contributed by atoms with E-state index in [0.717, 1.165) is 31.4 Å². The summed E-state index contributed by atoms with van der Waals surface area (Å²) in [6.07, 6.45) is 1.01. The van der Waals surface area contributed by atoms with Crippen LogP contribution in [0.2, 0.25) is 0 Å². The second-order valence-corrected chi connectivity index (χ2v) is 5.89. The first-order chi connectivity index (χ1) is 10.8. The summed E-state index contributed by atoms with van der Waals surface area (Å²) in [7, 11) is 0. The van der Waals surface area contributed by atoms with Gasteiger partial charge in [-0.05, 0) is 35.8 Å². The molecule has 1 saturated heterocycles. The first-order valence-corrected chi connectivity index (χ1v) is 8.08. The van der Waals surface area contributed by atoms with Gasteiger partial charge in [0.25, 0.3) is 0 Å². The van der Waals surface area contributed by atoms with Gasteiger partial charge in [0.1, 0.15) is 0 Å². The molecule has 1 aliphatic heterocycles. The number of nitrogens with one attached hydrogen (secondary N) is 1. The topological polar surface area (TPSA) is 18.5 Å². The summed E-state index contributed by atoms with van der Waals surface area (Å²) in [5.41, 5.74) is 3.86. The average Bonchev–Trinajstić information content (AvgIpc) is 2.57. The minimum Gasteiger partial charge on any atom is -0.349 e. The molecule has 0 aliphatic carbocycles. The van der Waals surface area contributed by atoms with Crippen molar-refractivity contribution in [1.82, 2.24) is 10.2 Å². The van der Waals surface area contributed by atoms with E-state index in [1.807, 2.05) is 0 Å². The molecule has 22 heavy (non-hydrogen) atoms. The van der Waals surface area contributed by atoms with Crippen molar-refractivity contribution in [2.75, 3.05) is 18.2 Å². The number of hydrogen-bond donors (Lipinski definition) is 1. The summed E-state index contributed by atoms with van der Waals surface area (Å²) in [5, 5.41) is 4.15. The third-order valence-electron chi connectivity index (χ3n) is 3.95. The Hall–Kier alpha value is -1.91. The minimum absolute atomic E-state index is 0.790. The van der Waals surface area contributed by atoms with Gasteiger partial charge in [-0.15, -0.1) is 0 Å². The number of anilines is 1. The number of hydrogen-bond acceptors (Lipinski definition) is 2. The molecule has 1 heterocycles. The van der Waals surface area contributed by atoms with Crippen molar-refractivity contribution in [1.29, 1.82) is 0 Å². The molecule has 0 amide bonds. The summed E-state index contributed by atoms with van der Waals surface area (Å²) < 4.78 is 0. The first kappa shape index (κ1) is 15.0. The zero-order chi connectivity index (χ0) is 15.4. The third-order valence-corrected chi connectivity index (χ3v) is 4.32. The van der Waals surface area contributed by atoms with Crippen LogP contribution in [-0.4, -0.2) is 23.3 Å². The molecular weight excluding hydrogens is 290 g/mol. The summed E-state index contributed by atoms with van der Waals surface area (Å²) in [6.45, 7) is 4.71. The van der Waals surface area contributed by atoms with Gasteiger partial charge < -0.3 is 10.2 Å². The van der Waals surface area contributed by atoms with Crippen LogP contribution >= 0.6 is 12.2 Å². The molecule has 3 nitrogen and oxygen atoms in total. The fourth-order valence-corrected chi connectivity index (χ4v) is 3.02. The molecule has 2 aromatic rings. The van der Waals surface area contributed by atoms with Gasteiger partial charge in [0, 0.05) is 12.2 Å². The lowest BCUT2D eigenvalue weighted by molar-refractivity contribution is 0.252. The zero-order valence-corrected chi connectivity index (χ0v) is 13.6. The number of aryl methyl sites for hydroxylation is 1. The Kier molecular flexibility index (Phi) is 4.71. The van der Waals surface area contributed by atoms with Crippen molar-refractivity contribution >= 4 is 23.0 Å². The quantitative estimate of drug-likeness (QED) is 0.872. The minimum atomic E-state index is 0.790. The van der Waals surface area contributed by atoms with Crippen LogP contribution in [0.3, 0.4) is 0 Å². The second-order valence-electron chi connectivity index (χ2n) is 5.51. The van der Waals surface area contributed by atoms with Crippen molar-refractivity contribution in [3.8, 4) is 0 Å². The fraction of sp³-hybridized carbons (Fsp3) is 0.278. The molecule has 1 fully saturated rings. The molecule has 2 aromatic carbocycles. The van der Waals surface area contributed by atoms with Crippen molar-refractivity contribution in [3.05, 3.63) is 65.7 Å². The Labute approximate surface area is 137 Å². The van der Waals surface area contributed by atoms with E-state index in [9.17, 15) is 0 Å². The molecule has 0 atom stereocenters. The standard InChI is InChI=1S/C18H21N3S/c1-2-16-10-6-7-11-17(16)21-14-20(13-19-18(21)22)12-15-8-4-3-5-9-15/h3-11H,2,12-14H2,1H3,(H,19,22). The van der Waals surface area contributed by atoms with Gasteiger partial charge in [-0.3, -0.25) is 4.90 Å². The van der Waals surface area contributed by atoms with Gasteiger partial charge in [-0.25, -0.2) is 0 Å². The van der Waals surface area contributed by atoms with Crippen LogP contribution in [0.15, 0.2) is 54.6 Å². The maximum absolute atomic E-state index is 5.52. The molecule has 0 radical (unpaired) electrons. The fourth-order valence-electron chi connectivity index (χ4n) is 2.80. The lowest BCUT2D eigenvalue weighted by Gasteiger charge is -2.38. The zero-order valence-electron chi connectivity index (χ0n) is 12.8. The second kappa shape index (κ2) is 6.90. The smallest absolute Gasteiger partial charge is 0.175 e. The molecular formula is C18H21N3S. The van der Waals surface area contributed by atoms with Crippen molar-refractivity contribution in [2.45, 2.75) is 19.9 Å². The summed E-state index contributed by atoms with van der Waals surface area (Å²) in [6, 6.07) is 19.0. The summed E-state index contributed by atoms with van der Waals surface area (Å²) in [5.74, 6) is 0. The van der Waals surface area contributed by atoms with Crippen molar-refractivity contribution in [3.63, 3.8) is 0 Å². The Morgan fingerprint density at radius 1 is 1.05 bits per heavy atom. The predicted molar refractivity (Wildman–Crippen MR) is 95.8 cm³/mol. The van der Waals surface area contributed by atoms with E-state index in [1.54, 1.807) is 0 Å². The number of rotatable bonds is 4. The van der Waals surface area contributed by atoms with E-state index in [2.05, 4.69) is 76.6 Å². The lowest BCUT2D eigenvalue weighted by atomic mass is 10.1. The number of para-hydroxylation sites is 1. The number of benzene rings is 2. The largest absolute Gasteiger partial charge is 0.349 e. The maximum Gasteiger partial charge on any atom is 0.175 e. The van der Waals surface area contributed by atoms with E-state index in [0.29, 0.717) is 0 Å². The molecule has 0 unspecified atom stereocenters. The van der Waals surface area contributed by atoms with Gasteiger partial charge in [0.2, 0.25) is 0 Å². The molecule has 114 valence electrons. The summed E-state index contributed by atoms with van der Waals surface area (Å²) >= 11 is 5.52. The Morgan fingerprint density at radius 3 is 2.55 bits per heavy atom. The molecule has 4 heteroatoms. The average molecular weight is 311 g/mol. The highest BCUT2D eigenvalue weighted by Crippen LogP contribution is 2.23. The SMILES string of the molecule is CCc1ccccc1N1CN(Cc2ccccc2)CNC1=S. The Morgan fingerprint density at radius 2 is 1.77 bits per heavy atom. The van der Waals surface area contributed by atoms with E-state index >= 15 is 0 Å². The van der Waals surface area contributed by atoms with E-state index in [-0.39, 0.29) is 0 Å². The predicted octanol–water partition coefficient (Wildman–Crippen LogP) is 3.36. The monoisotopic (exact) mass is 311 g/mol. The highest BCUT2D eigenvalue weighted by Gasteiger charge is 2.23. The van der Waals surface area contributed by atoms with E-state index in [1.165, 1.54) is 16.8 Å². The van der Waals surface area contributed by atoms with Crippen LogP contribution in [0, 0.1) is 0 Å². The molecule has 3 rings (SSSR count). The van der Waals surface area contributed by atoms with E-state index < -0.39 is 0 Å².